The van der Waals surface area contributed by atoms with Gasteiger partial charge in [0, 0.05) is 11.9 Å². The van der Waals surface area contributed by atoms with Crippen molar-refractivity contribution in [1.82, 2.24) is 0 Å². The molecule has 0 aromatic heterocycles. The van der Waals surface area contributed by atoms with E-state index < -0.39 is 23.3 Å². The second-order valence-corrected chi connectivity index (χ2v) is 5.65. The van der Waals surface area contributed by atoms with E-state index in [0.717, 1.165) is 0 Å². The van der Waals surface area contributed by atoms with Crippen molar-refractivity contribution < 1.29 is 19.1 Å². The molecule has 0 fully saturated rings. The molecule has 0 amide bonds. The van der Waals surface area contributed by atoms with Crippen LogP contribution in [-0.2, 0) is 19.1 Å². The smallest absolute Gasteiger partial charge is 0.336 e. The zero-order valence-electron chi connectivity index (χ0n) is 14.6. The number of nitriles is 2. The molecule has 0 spiro atoms. The van der Waals surface area contributed by atoms with E-state index in [1.165, 1.54) is 6.20 Å². The Morgan fingerprint density at radius 3 is 2.31 bits per heavy atom. The summed E-state index contributed by atoms with van der Waals surface area (Å²) in [7, 11) is 0. The molecular formula is C19H19N3O4. The van der Waals surface area contributed by atoms with E-state index in [4.69, 9.17) is 9.47 Å². The summed E-state index contributed by atoms with van der Waals surface area (Å²) in [5, 5.41) is 19.5. The summed E-state index contributed by atoms with van der Waals surface area (Å²) in [6, 6.07) is 12.8. The molecule has 1 aromatic carbocycles. The lowest BCUT2D eigenvalue weighted by Gasteiger charge is -2.38. The van der Waals surface area contributed by atoms with Crippen LogP contribution in [0.5, 0.6) is 0 Å². The number of anilines is 1. The van der Waals surface area contributed by atoms with Crippen LogP contribution in [0.3, 0.4) is 0 Å². The topological polar surface area (TPSA) is 103 Å². The maximum absolute atomic E-state index is 12.5. The number of ether oxygens (including phenoxy) is 2. The van der Waals surface area contributed by atoms with Crippen LogP contribution < -0.4 is 4.90 Å². The van der Waals surface area contributed by atoms with Crippen molar-refractivity contribution >= 4 is 17.6 Å². The third kappa shape index (κ3) is 3.52. The summed E-state index contributed by atoms with van der Waals surface area (Å²) in [6.45, 7) is 3.35. The predicted octanol–water partition coefficient (Wildman–Crippen LogP) is 2.17. The Labute approximate surface area is 152 Å². The third-order valence-electron chi connectivity index (χ3n) is 4.04. The first kappa shape index (κ1) is 19.0. The minimum absolute atomic E-state index is 0.0662. The summed E-state index contributed by atoms with van der Waals surface area (Å²) in [5.74, 6) is -2.87. The van der Waals surface area contributed by atoms with E-state index in [1.54, 1.807) is 43.0 Å². The summed E-state index contributed by atoms with van der Waals surface area (Å²) in [5.41, 5.74) is -1.16. The largest absolute Gasteiger partial charge is 0.465 e. The minimum atomic E-state index is -1.78. The number of hydrogen-bond donors (Lipinski definition) is 0. The highest BCUT2D eigenvalue weighted by Gasteiger charge is 2.53. The molecule has 2 rings (SSSR count). The molecule has 0 saturated heterocycles. The zero-order valence-corrected chi connectivity index (χ0v) is 14.6. The highest BCUT2D eigenvalue weighted by Crippen LogP contribution is 2.40. The van der Waals surface area contributed by atoms with Crippen LogP contribution in [0.4, 0.5) is 5.69 Å². The standard InChI is InChI=1S/C19H19N3O4/c1-3-25-17(23)15-10-22(14-8-6-5-7-9-14)13-19(11-20,12-21)16(15)18(24)26-4-2/h5-10,16H,3-4,13H2,1-2H3. The van der Waals surface area contributed by atoms with Gasteiger partial charge in [-0.1, -0.05) is 18.2 Å². The van der Waals surface area contributed by atoms with Gasteiger partial charge in [0.15, 0.2) is 5.41 Å². The fourth-order valence-corrected chi connectivity index (χ4v) is 2.86. The van der Waals surface area contributed by atoms with Gasteiger partial charge in [-0.3, -0.25) is 4.79 Å². The second-order valence-electron chi connectivity index (χ2n) is 5.65. The third-order valence-corrected chi connectivity index (χ3v) is 4.04. The van der Waals surface area contributed by atoms with Gasteiger partial charge in [-0.2, -0.15) is 10.5 Å². The molecule has 1 aliphatic heterocycles. The first-order valence-corrected chi connectivity index (χ1v) is 8.22. The number of nitrogens with zero attached hydrogens (tertiary/aromatic N) is 3. The Morgan fingerprint density at radius 1 is 1.15 bits per heavy atom. The van der Waals surface area contributed by atoms with Crippen molar-refractivity contribution in [1.29, 1.82) is 10.5 Å². The van der Waals surface area contributed by atoms with Gasteiger partial charge >= 0.3 is 11.9 Å². The Kier molecular flexibility index (Phi) is 5.98. The first-order valence-electron chi connectivity index (χ1n) is 8.22. The molecular weight excluding hydrogens is 334 g/mol. The van der Waals surface area contributed by atoms with Gasteiger partial charge in [0.1, 0.15) is 5.92 Å². The van der Waals surface area contributed by atoms with Gasteiger partial charge in [0.05, 0.1) is 37.5 Å². The van der Waals surface area contributed by atoms with Crippen molar-refractivity contribution in [2.75, 3.05) is 24.7 Å². The van der Waals surface area contributed by atoms with Gasteiger partial charge in [-0.05, 0) is 26.0 Å². The van der Waals surface area contributed by atoms with Crippen molar-refractivity contribution in [2.24, 2.45) is 11.3 Å². The summed E-state index contributed by atoms with van der Waals surface area (Å²) >= 11 is 0. The van der Waals surface area contributed by atoms with Gasteiger partial charge in [0.25, 0.3) is 0 Å². The van der Waals surface area contributed by atoms with E-state index in [2.05, 4.69) is 0 Å². The van der Waals surface area contributed by atoms with Crippen LogP contribution in [0.15, 0.2) is 42.1 Å². The number of benzene rings is 1. The molecule has 0 N–H and O–H groups in total. The van der Waals surface area contributed by atoms with Crippen LogP contribution in [0.2, 0.25) is 0 Å². The second kappa shape index (κ2) is 8.17. The Hall–Kier alpha value is -3.32. The SMILES string of the molecule is CCOC(=O)C1=CN(c2ccccc2)CC(C#N)(C#N)C1C(=O)OCC. The number of carbonyl (C=O) groups is 2. The quantitative estimate of drug-likeness (QED) is 0.747. The predicted molar refractivity (Wildman–Crippen MR) is 92.3 cm³/mol. The van der Waals surface area contributed by atoms with E-state index in [-0.39, 0.29) is 25.3 Å². The van der Waals surface area contributed by atoms with Crippen LogP contribution in [-0.4, -0.2) is 31.7 Å². The van der Waals surface area contributed by atoms with Gasteiger partial charge in [0.2, 0.25) is 0 Å². The molecule has 0 aliphatic carbocycles. The van der Waals surface area contributed by atoms with Gasteiger partial charge in [-0.25, -0.2) is 4.79 Å². The Balaban J connectivity index is 2.62. The maximum atomic E-state index is 12.5. The molecule has 1 atom stereocenters. The van der Waals surface area contributed by atoms with Crippen LogP contribution in [0.25, 0.3) is 0 Å². The maximum Gasteiger partial charge on any atom is 0.336 e. The molecule has 0 saturated carbocycles. The molecule has 7 heteroatoms. The van der Waals surface area contributed by atoms with Crippen molar-refractivity contribution in [3.63, 3.8) is 0 Å². The number of rotatable bonds is 5. The summed E-state index contributed by atoms with van der Waals surface area (Å²) < 4.78 is 10.1. The highest BCUT2D eigenvalue weighted by atomic mass is 16.5. The molecule has 1 heterocycles. The van der Waals surface area contributed by atoms with Crippen LogP contribution in [0.1, 0.15) is 13.8 Å². The fraction of sp³-hybridized carbons (Fsp3) is 0.368. The van der Waals surface area contributed by atoms with Crippen LogP contribution >= 0.6 is 0 Å². The lowest BCUT2D eigenvalue weighted by molar-refractivity contribution is -0.152. The molecule has 134 valence electrons. The number of carbonyl (C=O) groups excluding carboxylic acids is 2. The Morgan fingerprint density at radius 2 is 1.77 bits per heavy atom. The number of para-hydroxylation sites is 1. The molecule has 1 aromatic rings. The summed E-state index contributed by atoms with van der Waals surface area (Å²) in [4.78, 5) is 26.6. The molecule has 0 bridgehead atoms. The van der Waals surface area contributed by atoms with E-state index in [1.807, 2.05) is 18.2 Å². The average molecular weight is 353 g/mol. The Bertz CT molecular complexity index is 775. The summed E-state index contributed by atoms with van der Waals surface area (Å²) in [6.07, 6.45) is 1.46. The zero-order chi connectivity index (χ0) is 19.2. The molecule has 1 unspecified atom stereocenters. The van der Waals surface area contributed by atoms with E-state index >= 15 is 0 Å². The fourth-order valence-electron chi connectivity index (χ4n) is 2.86. The average Bonchev–Trinajstić information content (AvgIpc) is 2.67. The van der Waals surface area contributed by atoms with Crippen molar-refractivity contribution in [3.8, 4) is 12.1 Å². The lowest BCUT2D eigenvalue weighted by Crippen LogP contribution is -2.49. The van der Waals surface area contributed by atoms with Crippen molar-refractivity contribution in [2.45, 2.75) is 13.8 Å². The van der Waals surface area contributed by atoms with Crippen LogP contribution in [0, 0.1) is 34.0 Å². The van der Waals surface area contributed by atoms with E-state index in [0.29, 0.717) is 5.69 Å². The lowest BCUT2D eigenvalue weighted by atomic mass is 9.71. The van der Waals surface area contributed by atoms with Gasteiger partial charge in [-0.15, -0.1) is 0 Å². The normalized spacial score (nSPS) is 18.1. The number of esters is 2. The van der Waals surface area contributed by atoms with E-state index in [9.17, 15) is 20.1 Å². The number of hydrogen-bond acceptors (Lipinski definition) is 7. The minimum Gasteiger partial charge on any atom is -0.465 e. The first-order chi connectivity index (χ1) is 12.5. The van der Waals surface area contributed by atoms with Crippen molar-refractivity contribution in [3.05, 3.63) is 42.1 Å². The highest BCUT2D eigenvalue weighted by molar-refractivity contribution is 5.97. The molecule has 1 aliphatic rings. The molecule has 0 radical (unpaired) electrons. The molecule has 7 nitrogen and oxygen atoms in total. The molecule has 26 heavy (non-hydrogen) atoms. The monoisotopic (exact) mass is 353 g/mol. The van der Waals surface area contributed by atoms with Gasteiger partial charge < -0.3 is 14.4 Å².